The molecule has 0 aliphatic heterocycles. The second-order valence-corrected chi connectivity index (χ2v) is 5.62. The van der Waals surface area contributed by atoms with Gasteiger partial charge in [-0.3, -0.25) is 0 Å². The number of aryl methyl sites for hydroxylation is 1. The number of hydrogen-bond acceptors (Lipinski definition) is 2. The van der Waals surface area contributed by atoms with Crippen LogP contribution in [-0.2, 0) is 11.2 Å². The standard InChI is InChI=1S/C18H30FNO/c1-5-8-18(21-7-3)17(20-11-6-2)13-15-9-10-16(19)12-14(15)4/h9-10,12,17-18,20H,5-8,11,13H2,1-4H3. The summed E-state index contributed by atoms with van der Waals surface area (Å²) in [5.74, 6) is -0.163. The second kappa shape index (κ2) is 9.91. The summed E-state index contributed by atoms with van der Waals surface area (Å²) in [6.45, 7) is 10.1. The first kappa shape index (κ1) is 18.1. The molecule has 1 rings (SSSR count). The van der Waals surface area contributed by atoms with E-state index in [1.54, 1.807) is 12.1 Å². The average molecular weight is 295 g/mol. The average Bonchev–Trinajstić information content (AvgIpc) is 2.45. The van der Waals surface area contributed by atoms with Gasteiger partial charge in [0.2, 0.25) is 0 Å². The Morgan fingerprint density at radius 3 is 2.52 bits per heavy atom. The van der Waals surface area contributed by atoms with Gasteiger partial charge in [-0.1, -0.05) is 26.3 Å². The highest BCUT2D eigenvalue weighted by Crippen LogP contribution is 2.17. The van der Waals surface area contributed by atoms with Gasteiger partial charge in [-0.2, -0.15) is 0 Å². The fraction of sp³-hybridized carbons (Fsp3) is 0.667. The van der Waals surface area contributed by atoms with E-state index in [1.165, 1.54) is 5.56 Å². The van der Waals surface area contributed by atoms with E-state index in [9.17, 15) is 4.39 Å². The molecule has 0 radical (unpaired) electrons. The Hall–Kier alpha value is -0.930. The predicted octanol–water partition coefficient (Wildman–Crippen LogP) is 4.25. The first-order valence-corrected chi connectivity index (χ1v) is 8.22. The number of ether oxygens (including phenoxy) is 1. The maximum absolute atomic E-state index is 13.2. The second-order valence-electron chi connectivity index (χ2n) is 5.62. The van der Waals surface area contributed by atoms with E-state index in [0.29, 0.717) is 0 Å². The van der Waals surface area contributed by atoms with Crippen LogP contribution < -0.4 is 5.32 Å². The van der Waals surface area contributed by atoms with Gasteiger partial charge >= 0.3 is 0 Å². The van der Waals surface area contributed by atoms with Crippen LogP contribution in [0.1, 0.15) is 51.2 Å². The van der Waals surface area contributed by atoms with Gasteiger partial charge in [-0.15, -0.1) is 0 Å². The van der Waals surface area contributed by atoms with Crippen molar-refractivity contribution < 1.29 is 9.13 Å². The topological polar surface area (TPSA) is 21.3 Å². The van der Waals surface area contributed by atoms with Crippen LogP contribution in [0.3, 0.4) is 0 Å². The highest BCUT2D eigenvalue weighted by atomic mass is 19.1. The normalized spacial score (nSPS) is 14.1. The zero-order valence-corrected chi connectivity index (χ0v) is 13.9. The van der Waals surface area contributed by atoms with Crippen molar-refractivity contribution in [2.45, 2.75) is 65.5 Å². The SMILES string of the molecule is CCCNC(Cc1ccc(F)cc1C)C(CCC)OCC. The lowest BCUT2D eigenvalue weighted by molar-refractivity contribution is 0.0281. The molecule has 3 heteroatoms. The molecule has 2 nitrogen and oxygen atoms in total. The van der Waals surface area contributed by atoms with Gasteiger partial charge in [0.15, 0.2) is 0 Å². The zero-order chi connectivity index (χ0) is 15.7. The Balaban J connectivity index is 2.84. The minimum absolute atomic E-state index is 0.163. The fourth-order valence-electron chi connectivity index (χ4n) is 2.69. The minimum atomic E-state index is -0.163. The van der Waals surface area contributed by atoms with E-state index in [2.05, 4.69) is 19.2 Å². The van der Waals surface area contributed by atoms with Crippen molar-refractivity contribution in [3.05, 3.63) is 35.1 Å². The molecule has 0 aromatic heterocycles. The van der Waals surface area contributed by atoms with Gasteiger partial charge in [0, 0.05) is 12.6 Å². The van der Waals surface area contributed by atoms with Gasteiger partial charge in [-0.05, 0) is 62.9 Å². The van der Waals surface area contributed by atoms with E-state index in [0.717, 1.165) is 44.4 Å². The van der Waals surface area contributed by atoms with Gasteiger partial charge in [-0.25, -0.2) is 4.39 Å². The predicted molar refractivity (Wildman–Crippen MR) is 87.2 cm³/mol. The molecular formula is C18H30FNO. The van der Waals surface area contributed by atoms with Crippen LogP contribution in [0, 0.1) is 12.7 Å². The summed E-state index contributed by atoms with van der Waals surface area (Å²) >= 11 is 0. The Kier molecular flexibility index (Phi) is 8.55. The molecule has 2 unspecified atom stereocenters. The molecule has 0 bridgehead atoms. The van der Waals surface area contributed by atoms with Crippen molar-refractivity contribution in [2.24, 2.45) is 0 Å². The molecule has 0 saturated heterocycles. The molecule has 0 spiro atoms. The van der Waals surface area contributed by atoms with Crippen molar-refractivity contribution in [3.63, 3.8) is 0 Å². The maximum atomic E-state index is 13.2. The van der Waals surface area contributed by atoms with Crippen LogP contribution in [0.4, 0.5) is 4.39 Å². The summed E-state index contributed by atoms with van der Waals surface area (Å²) in [5.41, 5.74) is 2.22. The Bertz CT molecular complexity index is 402. The monoisotopic (exact) mass is 295 g/mol. The molecular weight excluding hydrogens is 265 g/mol. The molecule has 0 saturated carbocycles. The van der Waals surface area contributed by atoms with Crippen LogP contribution in [0.5, 0.6) is 0 Å². The molecule has 0 heterocycles. The third-order valence-electron chi connectivity index (χ3n) is 3.80. The molecule has 1 aromatic carbocycles. The fourth-order valence-corrected chi connectivity index (χ4v) is 2.69. The lowest BCUT2D eigenvalue weighted by Gasteiger charge is -2.28. The summed E-state index contributed by atoms with van der Waals surface area (Å²) in [6, 6.07) is 5.35. The van der Waals surface area contributed by atoms with Crippen LogP contribution in [0.25, 0.3) is 0 Å². The van der Waals surface area contributed by atoms with E-state index in [-0.39, 0.29) is 18.0 Å². The summed E-state index contributed by atoms with van der Waals surface area (Å²) in [7, 11) is 0. The van der Waals surface area contributed by atoms with Gasteiger partial charge in [0.25, 0.3) is 0 Å². The summed E-state index contributed by atoms with van der Waals surface area (Å²) in [6.07, 6.45) is 4.36. The smallest absolute Gasteiger partial charge is 0.123 e. The third kappa shape index (κ3) is 6.15. The van der Waals surface area contributed by atoms with Gasteiger partial charge < -0.3 is 10.1 Å². The van der Waals surface area contributed by atoms with Crippen molar-refractivity contribution in [2.75, 3.05) is 13.2 Å². The van der Waals surface area contributed by atoms with Crippen molar-refractivity contribution in [1.82, 2.24) is 5.32 Å². The zero-order valence-electron chi connectivity index (χ0n) is 13.9. The largest absolute Gasteiger partial charge is 0.377 e. The van der Waals surface area contributed by atoms with Gasteiger partial charge in [0.05, 0.1) is 6.10 Å². The number of rotatable bonds is 10. The number of hydrogen-bond donors (Lipinski definition) is 1. The van der Waals surface area contributed by atoms with Crippen molar-refractivity contribution in [3.8, 4) is 0 Å². The van der Waals surface area contributed by atoms with Crippen LogP contribution in [0.2, 0.25) is 0 Å². The molecule has 0 aliphatic rings. The van der Waals surface area contributed by atoms with Crippen LogP contribution in [0.15, 0.2) is 18.2 Å². The molecule has 21 heavy (non-hydrogen) atoms. The molecule has 0 amide bonds. The quantitative estimate of drug-likeness (QED) is 0.697. The van der Waals surface area contributed by atoms with E-state index in [4.69, 9.17) is 4.74 Å². The molecule has 0 aliphatic carbocycles. The summed E-state index contributed by atoms with van der Waals surface area (Å²) < 4.78 is 19.2. The maximum Gasteiger partial charge on any atom is 0.123 e. The van der Waals surface area contributed by atoms with E-state index in [1.807, 2.05) is 19.9 Å². The highest BCUT2D eigenvalue weighted by molar-refractivity contribution is 5.27. The van der Waals surface area contributed by atoms with E-state index < -0.39 is 0 Å². The first-order valence-electron chi connectivity index (χ1n) is 8.22. The highest BCUT2D eigenvalue weighted by Gasteiger charge is 2.21. The third-order valence-corrected chi connectivity index (χ3v) is 3.80. The van der Waals surface area contributed by atoms with Crippen LogP contribution in [-0.4, -0.2) is 25.3 Å². The van der Waals surface area contributed by atoms with Crippen molar-refractivity contribution >= 4 is 0 Å². The number of halogens is 1. The number of benzene rings is 1. The van der Waals surface area contributed by atoms with Crippen LogP contribution >= 0.6 is 0 Å². The Morgan fingerprint density at radius 1 is 1.19 bits per heavy atom. The lowest BCUT2D eigenvalue weighted by Crippen LogP contribution is -2.43. The van der Waals surface area contributed by atoms with Gasteiger partial charge in [0.1, 0.15) is 5.82 Å². The molecule has 1 N–H and O–H groups in total. The molecule has 1 aromatic rings. The van der Waals surface area contributed by atoms with Crippen molar-refractivity contribution in [1.29, 1.82) is 0 Å². The minimum Gasteiger partial charge on any atom is -0.377 e. The molecule has 2 atom stereocenters. The Labute approximate surface area is 129 Å². The molecule has 120 valence electrons. The Morgan fingerprint density at radius 2 is 1.95 bits per heavy atom. The summed E-state index contributed by atoms with van der Waals surface area (Å²) in [4.78, 5) is 0. The lowest BCUT2D eigenvalue weighted by atomic mass is 9.95. The first-order chi connectivity index (χ1) is 10.1. The molecule has 0 fully saturated rings. The van der Waals surface area contributed by atoms with E-state index >= 15 is 0 Å². The number of nitrogens with one attached hydrogen (secondary N) is 1. The summed E-state index contributed by atoms with van der Waals surface area (Å²) in [5, 5.41) is 3.61.